The first-order valence-electron chi connectivity index (χ1n) is 9.05. The molecule has 9 nitrogen and oxygen atoms in total. The second kappa shape index (κ2) is 8.95. The van der Waals surface area contributed by atoms with Crippen molar-refractivity contribution in [2.75, 3.05) is 0 Å². The zero-order valence-electron chi connectivity index (χ0n) is 16.3. The zero-order valence-corrected chi connectivity index (χ0v) is 17.1. The van der Waals surface area contributed by atoms with Crippen molar-refractivity contribution in [3.05, 3.63) is 73.8 Å². The third-order valence-electron chi connectivity index (χ3n) is 4.61. The van der Waals surface area contributed by atoms with Crippen LogP contribution < -0.4 is 5.32 Å². The van der Waals surface area contributed by atoms with Gasteiger partial charge in [-0.05, 0) is 30.0 Å². The van der Waals surface area contributed by atoms with Crippen molar-refractivity contribution in [3.63, 3.8) is 0 Å². The van der Waals surface area contributed by atoms with Crippen molar-refractivity contribution in [1.82, 2.24) is 10.2 Å². The van der Waals surface area contributed by atoms with Gasteiger partial charge in [0.1, 0.15) is 12.3 Å². The van der Waals surface area contributed by atoms with Crippen LogP contribution in [0.15, 0.2) is 58.1 Å². The number of non-ortho nitro benzene ring substituents is 1. The summed E-state index contributed by atoms with van der Waals surface area (Å²) < 4.78 is 5.37. The molecule has 1 aromatic carbocycles. The normalized spacial score (nSPS) is 19.1. The van der Waals surface area contributed by atoms with Crippen LogP contribution in [0.5, 0.6) is 0 Å². The predicted molar refractivity (Wildman–Crippen MR) is 109 cm³/mol. The van der Waals surface area contributed by atoms with Crippen LogP contribution in [0.2, 0.25) is 0 Å². The van der Waals surface area contributed by atoms with E-state index in [-0.39, 0.29) is 35.8 Å². The number of thioether (sulfide) groups is 1. The number of hydrogen-bond donors (Lipinski definition) is 1. The van der Waals surface area contributed by atoms with E-state index in [0.29, 0.717) is 22.5 Å². The number of benzene rings is 1. The van der Waals surface area contributed by atoms with E-state index in [4.69, 9.17) is 4.74 Å². The highest BCUT2D eigenvalue weighted by Gasteiger charge is 2.51. The smallest absolute Gasteiger partial charge is 0.356 e. The minimum Gasteiger partial charge on any atom is -0.456 e. The molecule has 0 saturated carbocycles. The van der Waals surface area contributed by atoms with Gasteiger partial charge in [-0.15, -0.1) is 0 Å². The quantitative estimate of drug-likeness (QED) is 0.233. The summed E-state index contributed by atoms with van der Waals surface area (Å²) in [7, 11) is 0. The lowest BCUT2D eigenvalue weighted by Gasteiger charge is -2.38. The second-order valence-corrected chi connectivity index (χ2v) is 7.53. The highest BCUT2D eigenvalue weighted by Crippen LogP contribution is 2.46. The van der Waals surface area contributed by atoms with E-state index >= 15 is 0 Å². The van der Waals surface area contributed by atoms with Gasteiger partial charge in [0, 0.05) is 42.2 Å². The summed E-state index contributed by atoms with van der Waals surface area (Å²) in [6.45, 7) is 3.08. The van der Waals surface area contributed by atoms with Gasteiger partial charge in [0.05, 0.1) is 11.0 Å². The number of fused-ring (bicyclic) bond motifs is 1. The van der Waals surface area contributed by atoms with Crippen molar-refractivity contribution in [3.8, 4) is 0 Å². The second-order valence-electron chi connectivity index (χ2n) is 6.53. The van der Waals surface area contributed by atoms with Crippen LogP contribution in [-0.2, 0) is 25.7 Å². The molecule has 0 radical (unpaired) electrons. The molecule has 0 bridgehead atoms. The molecule has 30 heavy (non-hydrogen) atoms. The fourth-order valence-corrected chi connectivity index (χ4v) is 4.04. The van der Waals surface area contributed by atoms with Gasteiger partial charge in [-0.3, -0.25) is 24.6 Å². The third-order valence-corrected chi connectivity index (χ3v) is 5.52. The topological polar surface area (TPSA) is 119 Å². The summed E-state index contributed by atoms with van der Waals surface area (Å²) in [4.78, 5) is 48.5. The van der Waals surface area contributed by atoms with Crippen molar-refractivity contribution >= 4 is 35.2 Å². The van der Waals surface area contributed by atoms with Gasteiger partial charge in [-0.2, -0.15) is 0 Å². The molecule has 2 amide bonds. The molecule has 1 aromatic rings. The van der Waals surface area contributed by atoms with Crippen molar-refractivity contribution in [2.45, 2.75) is 32.9 Å². The lowest BCUT2D eigenvalue weighted by molar-refractivity contribution is -0.384. The highest BCUT2D eigenvalue weighted by molar-refractivity contribution is 8.05. The molecule has 1 atom stereocenters. The Morgan fingerprint density at radius 2 is 2.07 bits per heavy atom. The molecule has 3 rings (SSSR count). The Kier molecular flexibility index (Phi) is 6.36. The SMILES string of the molecule is C/C=C1\C(=O)N2C(C(=O)OCc3ccc([N+](=O)[O-])cc3)=C(S/C=C/NC(C)=O)C[C@H]12. The van der Waals surface area contributed by atoms with Crippen LogP contribution in [-0.4, -0.2) is 33.6 Å². The molecule has 2 aliphatic heterocycles. The van der Waals surface area contributed by atoms with Crippen LogP contribution in [0.3, 0.4) is 0 Å². The molecule has 1 saturated heterocycles. The Morgan fingerprint density at radius 1 is 1.37 bits per heavy atom. The van der Waals surface area contributed by atoms with Crippen LogP contribution >= 0.6 is 11.8 Å². The molecule has 1 N–H and O–H groups in total. The minimum atomic E-state index is -0.644. The molecule has 0 unspecified atom stereocenters. The summed E-state index contributed by atoms with van der Waals surface area (Å²) >= 11 is 1.24. The molecule has 0 spiro atoms. The maximum Gasteiger partial charge on any atom is 0.356 e. The average molecular weight is 429 g/mol. The Bertz CT molecular complexity index is 996. The third kappa shape index (κ3) is 4.28. The van der Waals surface area contributed by atoms with E-state index in [0.717, 1.165) is 0 Å². The van der Waals surface area contributed by atoms with E-state index in [1.54, 1.807) is 18.4 Å². The molecule has 0 aliphatic carbocycles. The molecule has 156 valence electrons. The molecule has 2 heterocycles. The first-order valence-corrected chi connectivity index (χ1v) is 9.93. The Hall–Kier alpha value is -3.40. The highest BCUT2D eigenvalue weighted by atomic mass is 32.2. The summed E-state index contributed by atoms with van der Waals surface area (Å²) in [6, 6.07) is 5.49. The van der Waals surface area contributed by atoms with E-state index in [9.17, 15) is 24.5 Å². The molecular weight excluding hydrogens is 410 g/mol. The standard InChI is InChI=1S/C20H19N3O6S/c1-3-15-16-10-17(30-9-8-21-12(2)24)18(22(16)19(15)25)20(26)29-11-13-4-6-14(7-5-13)23(27)28/h3-9,16H,10-11H2,1-2H3,(H,21,24)/b9-8+,15-3-/t16-/m1/s1. The van der Waals surface area contributed by atoms with Gasteiger partial charge in [-0.1, -0.05) is 17.8 Å². The molecule has 1 fully saturated rings. The first kappa shape index (κ1) is 21.3. The van der Waals surface area contributed by atoms with Crippen LogP contribution in [0.1, 0.15) is 25.8 Å². The van der Waals surface area contributed by atoms with E-state index in [1.165, 1.54) is 54.1 Å². The number of hydrogen-bond acceptors (Lipinski definition) is 7. The number of carbonyl (C=O) groups excluding carboxylic acids is 3. The molecular formula is C20H19N3O6S. The van der Waals surface area contributed by atoms with Gasteiger partial charge in [0.15, 0.2) is 0 Å². The lowest BCUT2D eigenvalue weighted by atomic mass is 9.94. The number of nitro groups is 1. The van der Waals surface area contributed by atoms with Crippen LogP contribution in [0.4, 0.5) is 5.69 Å². The number of amides is 2. The van der Waals surface area contributed by atoms with Crippen LogP contribution in [0.25, 0.3) is 0 Å². The van der Waals surface area contributed by atoms with Gasteiger partial charge < -0.3 is 10.1 Å². The van der Waals surface area contributed by atoms with E-state index in [1.807, 2.05) is 0 Å². The monoisotopic (exact) mass is 429 g/mol. The average Bonchev–Trinajstić information content (AvgIpc) is 3.04. The number of rotatable bonds is 7. The van der Waals surface area contributed by atoms with E-state index < -0.39 is 10.9 Å². The number of ether oxygens (including phenoxy) is 1. The Balaban J connectivity index is 1.73. The number of esters is 1. The predicted octanol–water partition coefficient (Wildman–Crippen LogP) is 2.75. The summed E-state index contributed by atoms with van der Waals surface area (Å²) in [5.41, 5.74) is 1.38. The fraction of sp³-hybridized carbons (Fsp3) is 0.250. The molecule has 10 heteroatoms. The van der Waals surface area contributed by atoms with Crippen LogP contribution in [0, 0.1) is 10.1 Å². The number of nitrogens with one attached hydrogen (secondary N) is 1. The number of carbonyl (C=O) groups is 3. The Morgan fingerprint density at radius 3 is 2.67 bits per heavy atom. The molecule has 2 aliphatic rings. The maximum atomic E-state index is 12.8. The summed E-state index contributed by atoms with van der Waals surface area (Å²) in [6.07, 6.45) is 3.69. The van der Waals surface area contributed by atoms with Crippen molar-refractivity contribution in [2.24, 2.45) is 0 Å². The van der Waals surface area contributed by atoms with Gasteiger partial charge >= 0.3 is 5.97 Å². The maximum absolute atomic E-state index is 12.8. The Labute approximate surface area is 176 Å². The summed E-state index contributed by atoms with van der Waals surface area (Å²) in [5.74, 6) is -1.09. The number of β-lactam (4-membered cyclic amide) rings is 1. The van der Waals surface area contributed by atoms with E-state index in [2.05, 4.69) is 5.32 Å². The van der Waals surface area contributed by atoms with Gasteiger partial charge in [0.2, 0.25) is 5.91 Å². The zero-order chi connectivity index (χ0) is 21.8. The van der Waals surface area contributed by atoms with Crippen molar-refractivity contribution < 1.29 is 24.0 Å². The van der Waals surface area contributed by atoms with Gasteiger partial charge in [0.25, 0.3) is 11.6 Å². The number of nitrogens with zero attached hydrogens (tertiary/aromatic N) is 2. The minimum absolute atomic E-state index is 0.0545. The lowest BCUT2D eigenvalue weighted by Crippen LogP contribution is -2.52. The fourth-order valence-electron chi connectivity index (χ4n) is 3.19. The molecule has 0 aromatic heterocycles. The van der Waals surface area contributed by atoms with Crippen molar-refractivity contribution in [1.29, 1.82) is 0 Å². The first-order chi connectivity index (χ1) is 14.3. The summed E-state index contributed by atoms with van der Waals surface area (Å²) in [5, 5.41) is 14.9. The van der Waals surface area contributed by atoms with Gasteiger partial charge in [-0.25, -0.2) is 4.79 Å². The number of allylic oxidation sites excluding steroid dienone is 1. The number of nitro benzene ring substituents is 1. The largest absolute Gasteiger partial charge is 0.456 e.